The van der Waals surface area contributed by atoms with Gasteiger partial charge < -0.3 is 0 Å². The average molecular weight is 290 g/mol. The lowest BCUT2D eigenvalue weighted by molar-refractivity contribution is 0.257. The van der Waals surface area contributed by atoms with Crippen LogP contribution in [0.25, 0.3) is 0 Å². The molecule has 118 valence electrons. The van der Waals surface area contributed by atoms with E-state index in [2.05, 4.69) is 13.0 Å². The molecule has 0 aromatic heterocycles. The summed E-state index contributed by atoms with van der Waals surface area (Å²) in [4.78, 5) is 0. The summed E-state index contributed by atoms with van der Waals surface area (Å²) in [6.07, 6.45) is 15.0. The predicted octanol–water partition coefficient (Wildman–Crippen LogP) is 6.54. The number of halogens is 1. The second-order valence-corrected chi connectivity index (χ2v) is 6.92. The molecule has 0 spiro atoms. The van der Waals surface area contributed by atoms with E-state index in [-0.39, 0.29) is 5.82 Å². The highest BCUT2D eigenvalue weighted by atomic mass is 19.1. The van der Waals surface area contributed by atoms with Crippen LogP contribution in [0.3, 0.4) is 0 Å². The summed E-state index contributed by atoms with van der Waals surface area (Å²) in [7, 11) is 0. The third-order valence-corrected chi connectivity index (χ3v) is 5.10. The van der Waals surface area contributed by atoms with E-state index in [0.717, 1.165) is 18.3 Å². The largest absolute Gasteiger partial charge is 0.207 e. The fourth-order valence-electron chi connectivity index (χ4n) is 3.76. The minimum absolute atomic E-state index is 0.0896. The van der Waals surface area contributed by atoms with E-state index in [9.17, 15) is 4.39 Å². The van der Waals surface area contributed by atoms with Crippen molar-refractivity contribution < 1.29 is 4.39 Å². The molecule has 0 amide bonds. The van der Waals surface area contributed by atoms with Gasteiger partial charge in [0.25, 0.3) is 0 Å². The third kappa shape index (κ3) is 6.20. The molecular formula is C20H31F. The van der Waals surface area contributed by atoms with Crippen molar-refractivity contribution >= 4 is 0 Å². The van der Waals surface area contributed by atoms with Crippen molar-refractivity contribution in [3.8, 4) is 0 Å². The molecule has 1 aromatic rings. The van der Waals surface area contributed by atoms with Gasteiger partial charge in [-0.2, -0.15) is 0 Å². The summed E-state index contributed by atoms with van der Waals surface area (Å²) >= 11 is 0. The zero-order chi connectivity index (χ0) is 14.9. The molecule has 0 atom stereocenters. The minimum atomic E-state index is -0.0896. The van der Waals surface area contributed by atoms with Crippen LogP contribution in [-0.4, -0.2) is 0 Å². The minimum Gasteiger partial charge on any atom is -0.207 e. The zero-order valence-corrected chi connectivity index (χ0v) is 13.6. The lowest BCUT2D eigenvalue weighted by Gasteiger charge is -2.28. The molecule has 0 unspecified atom stereocenters. The van der Waals surface area contributed by atoms with E-state index in [1.165, 1.54) is 69.8 Å². The highest BCUT2D eigenvalue weighted by molar-refractivity contribution is 5.16. The van der Waals surface area contributed by atoms with Gasteiger partial charge in [-0.15, -0.1) is 0 Å². The second-order valence-electron chi connectivity index (χ2n) is 6.92. The van der Waals surface area contributed by atoms with Crippen molar-refractivity contribution in [1.29, 1.82) is 0 Å². The maximum Gasteiger partial charge on any atom is 0.123 e. The van der Waals surface area contributed by atoms with E-state index in [1.54, 1.807) is 12.1 Å². The van der Waals surface area contributed by atoms with E-state index >= 15 is 0 Å². The molecule has 0 nitrogen and oxygen atoms in total. The molecule has 1 aromatic carbocycles. The van der Waals surface area contributed by atoms with Gasteiger partial charge in [0.05, 0.1) is 0 Å². The summed E-state index contributed by atoms with van der Waals surface area (Å²) in [5, 5.41) is 0. The Morgan fingerprint density at radius 1 is 0.952 bits per heavy atom. The number of unbranched alkanes of at least 4 members (excludes halogenated alkanes) is 4. The van der Waals surface area contributed by atoms with Crippen LogP contribution in [0, 0.1) is 17.7 Å². The molecule has 0 N–H and O–H groups in total. The van der Waals surface area contributed by atoms with E-state index in [0.29, 0.717) is 0 Å². The van der Waals surface area contributed by atoms with Crippen LogP contribution in [0.2, 0.25) is 0 Å². The molecular weight excluding hydrogens is 259 g/mol. The average Bonchev–Trinajstić information content (AvgIpc) is 2.49. The topological polar surface area (TPSA) is 0 Å². The van der Waals surface area contributed by atoms with Crippen LogP contribution in [0.5, 0.6) is 0 Å². The van der Waals surface area contributed by atoms with Crippen LogP contribution in [0.1, 0.15) is 76.7 Å². The van der Waals surface area contributed by atoms with Crippen molar-refractivity contribution in [2.75, 3.05) is 0 Å². The lowest BCUT2D eigenvalue weighted by atomic mass is 9.77. The first kappa shape index (κ1) is 16.5. The molecule has 1 heteroatoms. The summed E-state index contributed by atoms with van der Waals surface area (Å²) in [6.45, 7) is 2.28. The first-order valence-corrected chi connectivity index (χ1v) is 9.02. The molecule has 1 aliphatic carbocycles. The molecule has 1 saturated carbocycles. The van der Waals surface area contributed by atoms with Gasteiger partial charge in [-0.3, -0.25) is 0 Å². The van der Waals surface area contributed by atoms with E-state index in [1.807, 2.05) is 6.07 Å². The van der Waals surface area contributed by atoms with Crippen molar-refractivity contribution in [2.24, 2.45) is 11.8 Å². The van der Waals surface area contributed by atoms with Crippen LogP contribution in [0.4, 0.5) is 4.39 Å². The Kier molecular flexibility index (Phi) is 7.26. The maximum atomic E-state index is 13.2. The molecule has 0 aliphatic heterocycles. The van der Waals surface area contributed by atoms with Gasteiger partial charge in [0.15, 0.2) is 0 Å². The molecule has 21 heavy (non-hydrogen) atoms. The molecule has 0 radical (unpaired) electrons. The molecule has 1 aliphatic rings. The predicted molar refractivity (Wildman–Crippen MR) is 88.9 cm³/mol. The van der Waals surface area contributed by atoms with Crippen molar-refractivity contribution in [2.45, 2.75) is 77.6 Å². The van der Waals surface area contributed by atoms with Crippen LogP contribution in [0.15, 0.2) is 24.3 Å². The van der Waals surface area contributed by atoms with Gasteiger partial charge in [-0.1, -0.05) is 70.4 Å². The molecule has 1 fully saturated rings. The fraction of sp³-hybridized carbons (Fsp3) is 0.700. The Labute approximate surface area is 130 Å². The maximum absolute atomic E-state index is 13.2. The number of hydrogen-bond donors (Lipinski definition) is 0. The third-order valence-electron chi connectivity index (χ3n) is 5.10. The summed E-state index contributed by atoms with van der Waals surface area (Å²) in [5.74, 6) is 1.66. The highest BCUT2D eigenvalue weighted by Crippen LogP contribution is 2.33. The lowest BCUT2D eigenvalue weighted by Crippen LogP contribution is -2.16. The molecule has 0 bridgehead atoms. The smallest absolute Gasteiger partial charge is 0.123 e. The van der Waals surface area contributed by atoms with Gasteiger partial charge >= 0.3 is 0 Å². The highest BCUT2D eigenvalue weighted by Gasteiger charge is 2.21. The van der Waals surface area contributed by atoms with Gasteiger partial charge in [-0.05, 0) is 48.8 Å². The van der Waals surface area contributed by atoms with Gasteiger partial charge in [0.1, 0.15) is 5.82 Å². The summed E-state index contributed by atoms with van der Waals surface area (Å²) in [5.41, 5.74) is 1.18. The fourth-order valence-corrected chi connectivity index (χ4v) is 3.76. The Hall–Kier alpha value is -0.850. The Balaban J connectivity index is 1.62. The van der Waals surface area contributed by atoms with Gasteiger partial charge in [0.2, 0.25) is 0 Å². The van der Waals surface area contributed by atoms with Crippen molar-refractivity contribution in [3.63, 3.8) is 0 Å². The monoisotopic (exact) mass is 290 g/mol. The quantitative estimate of drug-likeness (QED) is 0.477. The van der Waals surface area contributed by atoms with Crippen molar-refractivity contribution in [1.82, 2.24) is 0 Å². The molecule has 0 heterocycles. The van der Waals surface area contributed by atoms with Gasteiger partial charge in [0, 0.05) is 0 Å². The summed E-state index contributed by atoms with van der Waals surface area (Å²) < 4.78 is 13.2. The van der Waals surface area contributed by atoms with Crippen LogP contribution in [-0.2, 0) is 6.42 Å². The normalized spacial score (nSPS) is 22.4. The SMILES string of the molecule is CCCCCCCC1CCC(Cc2cccc(F)c2)CC1. The number of benzene rings is 1. The number of rotatable bonds is 8. The van der Waals surface area contributed by atoms with Crippen molar-refractivity contribution in [3.05, 3.63) is 35.6 Å². The van der Waals surface area contributed by atoms with Crippen LogP contribution < -0.4 is 0 Å². The second kappa shape index (κ2) is 9.23. The molecule has 0 saturated heterocycles. The van der Waals surface area contributed by atoms with Crippen LogP contribution >= 0.6 is 0 Å². The van der Waals surface area contributed by atoms with Gasteiger partial charge in [-0.25, -0.2) is 4.39 Å². The van der Waals surface area contributed by atoms with E-state index < -0.39 is 0 Å². The first-order chi connectivity index (χ1) is 10.3. The van der Waals surface area contributed by atoms with E-state index in [4.69, 9.17) is 0 Å². The Morgan fingerprint density at radius 3 is 2.38 bits per heavy atom. The molecule has 2 rings (SSSR count). The Bertz CT molecular complexity index is 391. The number of hydrogen-bond acceptors (Lipinski definition) is 0. The Morgan fingerprint density at radius 2 is 1.67 bits per heavy atom. The standard InChI is InChI=1S/C20H31F/c1-2-3-4-5-6-8-17-11-13-18(14-12-17)15-19-9-7-10-20(21)16-19/h7,9-10,16-18H,2-6,8,11-15H2,1H3. The zero-order valence-electron chi connectivity index (χ0n) is 13.6. The summed E-state index contributed by atoms with van der Waals surface area (Å²) in [6, 6.07) is 7.16. The first-order valence-electron chi connectivity index (χ1n) is 9.02.